The van der Waals surface area contributed by atoms with E-state index in [0.717, 1.165) is 5.02 Å². The van der Waals surface area contributed by atoms with Gasteiger partial charge in [0, 0.05) is 5.02 Å². The van der Waals surface area contributed by atoms with Gasteiger partial charge in [-0.15, -0.1) is 0 Å². The zero-order valence-electron chi connectivity index (χ0n) is 9.52. The molecule has 0 amide bonds. The minimum absolute atomic E-state index is 0.810. The zero-order valence-corrected chi connectivity index (χ0v) is 10.3. The lowest BCUT2D eigenvalue weighted by atomic mass is 10.2. The molecule has 0 radical (unpaired) electrons. The summed E-state index contributed by atoms with van der Waals surface area (Å²) in [6.07, 6.45) is 5.54. The van der Waals surface area contributed by atoms with Gasteiger partial charge in [0.25, 0.3) is 0 Å². The van der Waals surface area contributed by atoms with Crippen molar-refractivity contribution in [1.29, 1.82) is 0 Å². The van der Waals surface area contributed by atoms with Gasteiger partial charge < -0.3 is 0 Å². The highest BCUT2D eigenvalue weighted by Crippen LogP contribution is 2.08. The first-order chi connectivity index (χ1) is 6.70. The first kappa shape index (κ1) is 13.5. The molecule has 0 atom stereocenters. The van der Waals surface area contributed by atoms with Crippen molar-refractivity contribution in [3.8, 4) is 0 Å². The van der Waals surface area contributed by atoms with Gasteiger partial charge in [-0.1, -0.05) is 63.3 Å². The minimum atomic E-state index is 0.810. The molecule has 0 aliphatic carbocycles. The van der Waals surface area contributed by atoms with E-state index in [1.165, 1.54) is 31.2 Å². The summed E-state index contributed by atoms with van der Waals surface area (Å²) in [5.41, 5.74) is 1.21. The highest BCUT2D eigenvalue weighted by Gasteiger charge is 1.82. The molecule has 1 aromatic carbocycles. The number of unbranched alkanes of at least 4 members (excludes halogenated alkanes) is 3. The molecule has 0 aliphatic heterocycles. The van der Waals surface area contributed by atoms with Crippen molar-refractivity contribution in [3.63, 3.8) is 0 Å². The average molecular weight is 213 g/mol. The van der Waals surface area contributed by atoms with Crippen LogP contribution in [0.4, 0.5) is 0 Å². The molecule has 0 aliphatic rings. The molecule has 14 heavy (non-hydrogen) atoms. The molecule has 1 aromatic rings. The predicted molar refractivity (Wildman–Crippen MR) is 66.0 cm³/mol. The van der Waals surface area contributed by atoms with Gasteiger partial charge in [0.2, 0.25) is 0 Å². The Bertz CT molecular complexity index is 209. The summed E-state index contributed by atoms with van der Waals surface area (Å²) >= 11 is 5.64. The second-order valence-corrected chi connectivity index (χ2v) is 3.94. The molecule has 0 fully saturated rings. The largest absolute Gasteiger partial charge is 0.0843 e. The topological polar surface area (TPSA) is 0 Å². The lowest BCUT2D eigenvalue weighted by Crippen LogP contribution is -1.66. The Balaban J connectivity index is 0.000000255. The molecule has 0 heterocycles. The predicted octanol–water partition coefficient (Wildman–Crippen LogP) is 5.24. The quantitative estimate of drug-likeness (QED) is 0.602. The second-order valence-electron chi connectivity index (χ2n) is 3.51. The number of rotatable bonds is 3. The molecule has 0 saturated carbocycles. The number of aryl methyl sites for hydroxylation is 1. The number of hydrogen-bond donors (Lipinski definition) is 0. The van der Waals surface area contributed by atoms with Crippen LogP contribution in [0.25, 0.3) is 0 Å². The molecule has 1 heteroatoms. The third kappa shape index (κ3) is 8.12. The maximum atomic E-state index is 5.64. The number of hydrogen-bond acceptors (Lipinski definition) is 0. The van der Waals surface area contributed by atoms with E-state index in [2.05, 4.69) is 13.8 Å². The second kappa shape index (κ2) is 9.08. The summed E-state index contributed by atoms with van der Waals surface area (Å²) in [6, 6.07) is 7.76. The Morgan fingerprint density at radius 1 is 1.07 bits per heavy atom. The van der Waals surface area contributed by atoms with Crippen LogP contribution in [0.15, 0.2) is 24.3 Å². The minimum Gasteiger partial charge on any atom is -0.0843 e. The van der Waals surface area contributed by atoms with Crippen LogP contribution >= 0.6 is 11.6 Å². The van der Waals surface area contributed by atoms with E-state index in [1.807, 2.05) is 31.2 Å². The molecular formula is C13H21Cl. The Morgan fingerprint density at radius 2 is 1.64 bits per heavy atom. The van der Waals surface area contributed by atoms with Crippen molar-refractivity contribution >= 4 is 11.6 Å². The van der Waals surface area contributed by atoms with Crippen molar-refractivity contribution in [1.82, 2.24) is 0 Å². The highest BCUT2D eigenvalue weighted by atomic mass is 35.5. The molecule has 0 aromatic heterocycles. The Morgan fingerprint density at radius 3 is 1.93 bits per heavy atom. The monoisotopic (exact) mass is 212 g/mol. The van der Waals surface area contributed by atoms with Crippen LogP contribution in [-0.2, 0) is 0 Å². The standard InChI is InChI=1S/C7H7Cl.C6H14/c1-6-3-2-4-7(8)5-6;1-3-5-6-4-2/h2-5H,1H3;3-6H2,1-2H3. The molecule has 0 spiro atoms. The van der Waals surface area contributed by atoms with E-state index in [-0.39, 0.29) is 0 Å². The summed E-state index contributed by atoms with van der Waals surface area (Å²) in [6.45, 7) is 6.48. The highest BCUT2D eigenvalue weighted by molar-refractivity contribution is 6.30. The van der Waals surface area contributed by atoms with E-state index in [9.17, 15) is 0 Å². The van der Waals surface area contributed by atoms with Crippen LogP contribution in [0.3, 0.4) is 0 Å². The van der Waals surface area contributed by atoms with Gasteiger partial charge >= 0.3 is 0 Å². The number of benzene rings is 1. The van der Waals surface area contributed by atoms with Gasteiger partial charge in [-0.2, -0.15) is 0 Å². The van der Waals surface area contributed by atoms with Gasteiger partial charge in [0.1, 0.15) is 0 Å². The molecule has 0 nitrogen and oxygen atoms in total. The first-order valence-corrected chi connectivity index (χ1v) is 5.80. The molecular weight excluding hydrogens is 192 g/mol. The van der Waals surface area contributed by atoms with Crippen LogP contribution in [0.5, 0.6) is 0 Å². The summed E-state index contributed by atoms with van der Waals surface area (Å²) in [7, 11) is 0. The van der Waals surface area contributed by atoms with Crippen LogP contribution in [0, 0.1) is 6.92 Å². The summed E-state index contributed by atoms with van der Waals surface area (Å²) < 4.78 is 0. The van der Waals surface area contributed by atoms with Gasteiger partial charge in [-0.3, -0.25) is 0 Å². The van der Waals surface area contributed by atoms with E-state index in [4.69, 9.17) is 11.6 Å². The maximum absolute atomic E-state index is 5.64. The zero-order chi connectivity index (χ0) is 10.8. The van der Waals surface area contributed by atoms with Crippen molar-refractivity contribution in [2.45, 2.75) is 46.5 Å². The molecule has 1 rings (SSSR count). The third-order valence-corrected chi connectivity index (χ3v) is 2.17. The van der Waals surface area contributed by atoms with Crippen LogP contribution in [0.2, 0.25) is 5.02 Å². The maximum Gasteiger partial charge on any atom is 0.0408 e. The fraction of sp³-hybridized carbons (Fsp3) is 0.538. The Labute approximate surface area is 93.3 Å². The van der Waals surface area contributed by atoms with Crippen LogP contribution in [0.1, 0.15) is 45.1 Å². The Hall–Kier alpha value is -0.490. The van der Waals surface area contributed by atoms with Crippen molar-refractivity contribution in [2.75, 3.05) is 0 Å². The number of halogens is 1. The fourth-order valence-electron chi connectivity index (χ4n) is 1.11. The van der Waals surface area contributed by atoms with Crippen molar-refractivity contribution < 1.29 is 0 Å². The van der Waals surface area contributed by atoms with Crippen molar-refractivity contribution in [2.24, 2.45) is 0 Å². The van der Waals surface area contributed by atoms with Gasteiger partial charge in [0.05, 0.1) is 0 Å². The van der Waals surface area contributed by atoms with Crippen molar-refractivity contribution in [3.05, 3.63) is 34.9 Å². The summed E-state index contributed by atoms with van der Waals surface area (Å²) in [5, 5.41) is 0.810. The van der Waals surface area contributed by atoms with E-state index >= 15 is 0 Å². The normalized spacial score (nSPS) is 9.14. The van der Waals surface area contributed by atoms with Gasteiger partial charge in [0.15, 0.2) is 0 Å². The fourth-order valence-corrected chi connectivity index (χ4v) is 1.35. The SMILES string of the molecule is CCCCCC.Cc1cccc(Cl)c1. The molecule has 0 N–H and O–H groups in total. The average Bonchev–Trinajstić information content (AvgIpc) is 2.15. The molecule has 0 bridgehead atoms. The van der Waals surface area contributed by atoms with E-state index < -0.39 is 0 Å². The van der Waals surface area contributed by atoms with E-state index in [1.54, 1.807) is 0 Å². The smallest absolute Gasteiger partial charge is 0.0408 e. The summed E-state index contributed by atoms with van der Waals surface area (Å²) in [5.74, 6) is 0. The third-order valence-electron chi connectivity index (χ3n) is 1.94. The van der Waals surface area contributed by atoms with Crippen LogP contribution < -0.4 is 0 Å². The van der Waals surface area contributed by atoms with E-state index in [0.29, 0.717) is 0 Å². The molecule has 0 unspecified atom stereocenters. The lowest BCUT2D eigenvalue weighted by molar-refractivity contribution is 0.702. The van der Waals surface area contributed by atoms with Gasteiger partial charge in [-0.25, -0.2) is 0 Å². The summed E-state index contributed by atoms with van der Waals surface area (Å²) in [4.78, 5) is 0. The Kier molecular flexibility index (Phi) is 8.76. The van der Waals surface area contributed by atoms with Gasteiger partial charge in [-0.05, 0) is 24.6 Å². The lowest BCUT2D eigenvalue weighted by Gasteiger charge is -1.88. The first-order valence-electron chi connectivity index (χ1n) is 5.42. The molecule has 80 valence electrons. The van der Waals surface area contributed by atoms with Crippen LogP contribution in [-0.4, -0.2) is 0 Å². The molecule has 0 saturated heterocycles.